The minimum absolute atomic E-state index is 0.0138. The number of aromatic nitrogens is 3. The number of rotatable bonds is 4. The van der Waals surface area contributed by atoms with Crippen LogP contribution in [0.4, 0.5) is 0 Å². The SMILES string of the molecule is COc1cc(OC)nc(-c2cc(=O)c3c(C)[nH]oc-3c2C(=O)O)n1. The molecule has 0 saturated heterocycles. The highest BCUT2D eigenvalue weighted by molar-refractivity contribution is 6.01. The number of hydrogen-bond acceptors (Lipinski definition) is 7. The first-order chi connectivity index (χ1) is 11.5. The van der Waals surface area contributed by atoms with Crippen LogP contribution in [0.3, 0.4) is 0 Å². The lowest BCUT2D eigenvalue weighted by Crippen LogP contribution is -2.13. The highest BCUT2D eigenvalue weighted by atomic mass is 16.5. The van der Waals surface area contributed by atoms with Crippen molar-refractivity contribution >= 4 is 5.97 Å². The molecule has 0 atom stereocenters. The molecule has 0 spiro atoms. The summed E-state index contributed by atoms with van der Waals surface area (Å²) in [5.74, 6) is -1.02. The maximum atomic E-state index is 12.3. The molecule has 24 heavy (non-hydrogen) atoms. The van der Waals surface area contributed by atoms with Crippen molar-refractivity contribution in [3.8, 4) is 34.5 Å². The summed E-state index contributed by atoms with van der Waals surface area (Å²) in [6.07, 6.45) is 0. The minimum Gasteiger partial charge on any atom is -0.481 e. The Kier molecular flexibility index (Phi) is 3.68. The van der Waals surface area contributed by atoms with E-state index in [1.54, 1.807) is 6.92 Å². The first-order valence-electron chi connectivity index (χ1n) is 6.81. The van der Waals surface area contributed by atoms with E-state index in [0.717, 1.165) is 6.07 Å². The van der Waals surface area contributed by atoms with Gasteiger partial charge >= 0.3 is 5.97 Å². The van der Waals surface area contributed by atoms with Crippen molar-refractivity contribution in [1.82, 2.24) is 15.1 Å². The van der Waals surface area contributed by atoms with E-state index in [2.05, 4.69) is 15.1 Å². The molecule has 1 aliphatic carbocycles. The topological polar surface area (TPSA) is 128 Å². The average Bonchev–Trinajstić information content (AvgIpc) is 2.96. The van der Waals surface area contributed by atoms with E-state index in [4.69, 9.17) is 14.0 Å². The fourth-order valence-corrected chi connectivity index (χ4v) is 2.39. The van der Waals surface area contributed by atoms with Crippen LogP contribution < -0.4 is 14.9 Å². The molecule has 0 aromatic carbocycles. The number of fused-ring (bicyclic) bond motifs is 1. The molecule has 1 aliphatic heterocycles. The number of ether oxygens (including phenoxy) is 2. The average molecular weight is 331 g/mol. The summed E-state index contributed by atoms with van der Waals surface area (Å²) in [5.41, 5.74) is 0.00120. The zero-order valence-corrected chi connectivity index (χ0v) is 13.0. The van der Waals surface area contributed by atoms with Crippen LogP contribution in [-0.4, -0.2) is 40.4 Å². The molecule has 0 saturated carbocycles. The molecule has 9 nitrogen and oxygen atoms in total. The Balaban J connectivity index is 2.38. The van der Waals surface area contributed by atoms with E-state index in [1.807, 2.05) is 0 Å². The van der Waals surface area contributed by atoms with E-state index in [0.29, 0.717) is 5.69 Å². The molecule has 0 radical (unpaired) electrons. The smallest absolute Gasteiger partial charge is 0.340 e. The Bertz CT molecular complexity index is 936. The van der Waals surface area contributed by atoms with E-state index in [-0.39, 0.29) is 40.0 Å². The molecular formula is C15H13N3O6. The number of methoxy groups -OCH3 is 2. The summed E-state index contributed by atoms with van der Waals surface area (Å²) >= 11 is 0. The van der Waals surface area contributed by atoms with E-state index in [9.17, 15) is 14.7 Å². The summed E-state index contributed by atoms with van der Waals surface area (Å²) in [4.78, 5) is 32.3. The standard InChI is InChI=1S/C15H13N3O6/c1-6-11-8(19)4-7(12(15(20)21)13(11)24-18-6)14-16-9(22-2)5-10(17-14)23-3/h4-5,18H,1-3H3,(H,20,21). The second-order valence-corrected chi connectivity index (χ2v) is 4.91. The highest BCUT2D eigenvalue weighted by Crippen LogP contribution is 2.33. The van der Waals surface area contributed by atoms with Crippen molar-refractivity contribution < 1.29 is 23.9 Å². The molecule has 2 heterocycles. The Hall–Kier alpha value is -3.36. The van der Waals surface area contributed by atoms with Crippen LogP contribution in [0.5, 0.6) is 11.8 Å². The number of carboxylic acid groups (broad SMARTS) is 1. The molecule has 3 rings (SSSR count). The van der Waals surface area contributed by atoms with Crippen LogP contribution in [0.1, 0.15) is 16.1 Å². The zero-order valence-electron chi connectivity index (χ0n) is 13.0. The van der Waals surface area contributed by atoms with E-state index in [1.165, 1.54) is 20.3 Å². The first-order valence-corrected chi connectivity index (χ1v) is 6.81. The van der Waals surface area contributed by atoms with Gasteiger partial charge in [-0.05, 0) is 13.0 Å². The molecule has 1 aromatic rings. The summed E-state index contributed by atoms with van der Waals surface area (Å²) in [6, 6.07) is 2.60. The van der Waals surface area contributed by atoms with Gasteiger partial charge in [-0.2, -0.15) is 9.97 Å². The second kappa shape index (κ2) is 5.69. The van der Waals surface area contributed by atoms with Crippen LogP contribution in [0.25, 0.3) is 22.7 Å². The predicted molar refractivity (Wildman–Crippen MR) is 81.8 cm³/mol. The molecule has 0 unspecified atom stereocenters. The van der Waals surface area contributed by atoms with Gasteiger partial charge in [0.25, 0.3) is 0 Å². The number of nitrogens with one attached hydrogen (secondary N) is 1. The molecule has 9 heteroatoms. The van der Waals surface area contributed by atoms with Gasteiger partial charge in [0.05, 0.1) is 31.5 Å². The van der Waals surface area contributed by atoms with Gasteiger partial charge in [0.2, 0.25) is 11.8 Å². The highest BCUT2D eigenvalue weighted by Gasteiger charge is 2.29. The third-order valence-corrected chi connectivity index (χ3v) is 3.48. The number of aryl methyl sites for hydroxylation is 1. The van der Waals surface area contributed by atoms with Crippen LogP contribution in [0.15, 0.2) is 21.5 Å². The van der Waals surface area contributed by atoms with Gasteiger partial charge in [0.15, 0.2) is 17.0 Å². The van der Waals surface area contributed by atoms with Gasteiger partial charge < -0.3 is 19.1 Å². The van der Waals surface area contributed by atoms with Crippen molar-refractivity contribution in [2.45, 2.75) is 6.92 Å². The van der Waals surface area contributed by atoms with Crippen molar-refractivity contribution in [3.63, 3.8) is 0 Å². The zero-order chi connectivity index (χ0) is 17.4. The van der Waals surface area contributed by atoms with Gasteiger partial charge in [-0.25, -0.2) is 9.95 Å². The lowest BCUT2D eigenvalue weighted by molar-refractivity contribution is 0.0696. The van der Waals surface area contributed by atoms with Gasteiger partial charge in [0.1, 0.15) is 5.56 Å². The number of carbonyl (C=O) groups is 1. The Morgan fingerprint density at radius 2 is 1.83 bits per heavy atom. The maximum Gasteiger partial charge on any atom is 0.340 e. The largest absolute Gasteiger partial charge is 0.481 e. The molecule has 0 bridgehead atoms. The van der Waals surface area contributed by atoms with Crippen LogP contribution in [0, 0.1) is 6.92 Å². The fraction of sp³-hybridized carbons (Fsp3) is 0.200. The summed E-state index contributed by atoms with van der Waals surface area (Å²) in [5, 5.41) is 12.1. The molecule has 2 aliphatic rings. The minimum atomic E-state index is -1.27. The van der Waals surface area contributed by atoms with Crippen molar-refractivity contribution in [1.29, 1.82) is 0 Å². The Labute approximate surface area is 135 Å². The normalized spacial score (nSPS) is 10.8. The summed E-state index contributed by atoms with van der Waals surface area (Å²) < 4.78 is 15.3. The maximum absolute atomic E-state index is 12.3. The number of carboxylic acids is 1. The van der Waals surface area contributed by atoms with Crippen molar-refractivity contribution in [3.05, 3.63) is 33.6 Å². The van der Waals surface area contributed by atoms with Crippen molar-refractivity contribution in [2.24, 2.45) is 0 Å². The monoisotopic (exact) mass is 331 g/mol. The number of aromatic amines is 1. The number of hydrogen-bond donors (Lipinski definition) is 2. The molecule has 0 amide bonds. The third-order valence-electron chi connectivity index (χ3n) is 3.48. The van der Waals surface area contributed by atoms with Crippen molar-refractivity contribution in [2.75, 3.05) is 14.2 Å². The first kappa shape index (κ1) is 15.5. The fourth-order valence-electron chi connectivity index (χ4n) is 2.39. The number of aromatic carboxylic acids is 1. The molecule has 124 valence electrons. The number of nitrogens with zero attached hydrogens (tertiary/aromatic N) is 2. The van der Waals surface area contributed by atoms with E-state index >= 15 is 0 Å². The number of H-pyrrole nitrogens is 1. The van der Waals surface area contributed by atoms with E-state index < -0.39 is 11.4 Å². The third kappa shape index (κ3) is 2.35. The van der Waals surface area contributed by atoms with Crippen LogP contribution in [0.2, 0.25) is 0 Å². The summed E-state index contributed by atoms with van der Waals surface area (Å²) in [6.45, 7) is 1.61. The quantitative estimate of drug-likeness (QED) is 0.737. The van der Waals surface area contributed by atoms with Crippen LogP contribution >= 0.6 is 0 Å². The molecule has 1 aromatic heterocycles. The Morgan fingerprint density at radius 1 is 1.21 bits per heavy atom. The van der Waals surface area contributed by atoms with Crippen LogP contribution in [-0.2, 0) is 0 Å². The van der Waals surface area contributed by atoms with Gasteiger partial charge in [-0.3, -0.25) is 4.79 Å². The molecule has 0 fully saturated rings. The summed E-state index contributed by atoms with van der Waals surface area (Å²) in [7, 11) is 2.80. The van der Waals surface area contributed by atoms with Gasteiger partial charge in [0, 0.05) is 5.56 Å². The lowest BCUT2D eigenvalue weighted by atomic mass is 9.97. The molecular weight excluding hydrogens is 318 g/mol. The van der Waals surface area contributed by atoms with Gasteiger partial charge in [-0.1, -0.05) is 0 Å². The van der Waals surface area contributed by atoms with Gasteiger partial charge in [-0.15, -0.1) is 0 Å². The Morgan fingerprint density at radius 3 is 2.38 bits per heavy atom. The molecule has 2 N–H and O–H groups in total. The predicted octanol–water partition coefficient (Wildman–Crippen LogP) is 1.55. The number of benzene rings is 1. The lowest BCUT2D eigenvalue weighted by Gasteiger charge is -2.10. The second-order valence-electron chi connectivity index (χ2n) is 4.91.